The number of sulfone groups is 1. The number of unbranched alkanes of at least 4 members (excludes halogenated alkanes) is 1. The quantitative estimate of drug-likeness (QED) is 0.0306. The predicted octanol–water partition coefficient (Wildman–Crippen LogP) is 2.31. The Kier molecular flexibility index (Phi) is 17.1. The molecule has 0 spiro atoms. The number of carbonyl (C=O) groups is 5. The van der Waals surface area contributed by atoms with Crippen molar-refractivity contribution in [3.05, 3.63) is 80.1 Å². The molecule has 4 amide bonds. The maximum atomic E-state index is 15.0. The van der Waals surface area contributed by atoms with Crippen LogP contribution in [-0.2, 0) is 63.7 Å². The van der Waals surface area contributed by atoms with Crippen molar-refractivity contribution in [2.24, 2.45) is 23.5 Å². The molecule has 6 N–H and O–H groups in total. The third kappa shape index (κ3) is 12.3. The van der Waals surface area contributed by atoms with Crippen LogP contribution in [0.3, 0.4) is 0 Å². The number of aryl methyl sites for hydroxylation is 2. The second-order valence-corrected chi connectivity index (χ2v) is 20.7. The lowest BCUT2D eigenvalue weighted by Gasteiger charge is -2.31. The Morgan fingerprint density at radius 1 is 1.03 bits per heavy atom. The normalized spacial score (nSPS) is 16.2. The van der Waals surface area contributed by atoms with E-state index in [9.17, 15) is 46.7 Å². The molecule has 0 fully saturated rings. The number of primary amides is 1. The molecule has 0 saturated carbocycles. The van der Waals surface area contributed by atoms with Gasteiger partial charge in [-0.15, -0.1) is 0 Å². The van der Waals surface area contributed by atoms with E-state index in [1.165, 1.54) is 23.0 Å². The van der Waals surface area contributed by atoms with Crippen LogP contribution in [0.15, 0.2) is 40.5 Å². The Balaban J connectivity index is 1.11. The van der Waals surface area contributed by atoms with Crippen molar-refractivity contribution in [2.75, 3.05) is 40.0 Å². The number of benzene rings is 1. The Bertz CT molecular complexity index is 2970. The summed E-state index contributed by atoms with van der Waals surface area (Å²) in [5.74, 6) is -0.152. The molecule has 71 heavy (non-hydrogen) atoms. The molecule has 21 heteroatoms. The number of esters is 1. The largest absolute Gasteiger partial charge is 0.458 e. The lowest BCUT2D eigenvalue weighted by atomic mass is 9.79. The van der Waals surface area contributed by atoms with E-state index in [1.807, 2.05) is 19.0 Å². The smallest absolute Gasteiger partial charge is 0.343 e. The van der Waals surface area contributed by atoms with Crippen LogP contribution >= 0.6 is 0 Å². The van der Waals surface area contributed by atoms with Gasteiger partial charge in [0.25, 0.3) is 5.56 Å². The van der Waals surface area contributed by atoms with Gasteiger partial charge < -0.3 is 41.0 Å². The van der Waals surface area contributed by atoms with Crippen molar-refractivity contribution < 1.29 is 46.6 Å². The van der Waals surface area contributed by atoms with Crippen LogP contribution in [0.5, 0.6) is 0 Å². The lowest BCUT2D eigenvalue weighted by molar-refractivity contribution is -0.172. The van der Waals surface area contributed by atoms with Gasteiger partial charge in [-0.3, -0.25) is 24.0 Å². The number of nitrogens with zero attached hydrogens (tertiary/aromatic N) is 5. The molecule has 0 aliphatic carbocycles. The molecule has 19 nitrogen and oxygen atoms in total. The minimum absolute atomic E-state index is 0.0237. The van der Waals surface area contributed by atoms with E-state index in [0.29, 0.717) is 52.7 Å². The van der Waals surface area contributed by atoms with Gasteiger partial charge in [-0.1, -0.05) is 32.6 Å². The summed E-state index contributed by atoms with van der Waals surface area (Å²) in [6.07, 6.45) is 6.12. The second-order valence-electron chi connectivity index (χ2n) is 18.8. The van der Waals surface area contributed by atoms with Crippen LogP contribution in [0.4, 0.5) is 4.39 Å². The standard InChI is InChI=1S/C50H62FN9O10S/c1-8-50(67)36-21-40-43-34(26-60(40)47(65)35(36)27-70-48(50)66)31(33-20-29(4)37(51)22-39(33)57-43)16-13-18-53-41(61)25-54-45(63)38(17-11-12-19-59(5)6)58-46(64)42(28(2)3)32(44(52)62)15-10-9-14-30-23-55-49(56-24-30)71(7,68)69/h20-24,28,32,38,42,67H,8,10-13,15-19,25-27H2,1-7H3,(H2,52,62)(H,53,61)(H,54,63)(H,58,64)/t32?,38-,42-,50-/m0/s1. The van der Waals surface area contributed by atoms with Crippen LogP contribution in [0.25, 0.3) is 22.3 Å². The number of pyridine rings is 2. The SMILES string of the molecule is CC[C@@]1(O)C(=O)OCc2c1cc1n(c2=O)Cc2c-1nc1cc(F)c(C)cc1c2CCCNC(=O)CNC(=O)[C@H](CCCCN(C)C)NC(=O)[C@@H](C(C)C)C(CCC#Cc1cnc(S(C)(=O)=O)nc1)C(N)=O. The lowest BCUT2D eigenvalue weighted by Crippen LogP contribution is -2.52. The average molecular weight is 1000 g/mol. The predicted molar refractivity (Wildman–Crippen MR) is 260 cm³/mol. The highest BCUT2D eigenvalue weighted by Gasteiger charge is 2.45. The number of hydrogen-bond donors (Lipinski definition) is 5. The number of halogens is 1. The second kappa shape index (κ2) is 22.6. The molecule has 6 rings (SSSR count). The molecular formula is C50H62FN9O10S. The third-order valence-electron chi connectivity index (χ3n) is 13.0. The van der Waals surface area contributed by atoms with Gasteiger partial charge in [-0.2, -0.15) is 0 Å². The number of ether oxygens (including phenoxy) is 1. The minimum atomic E-state index is -3.59. The maximum absolute atomic E-state index is 15.0. The molecule has 2 aliphatic heterocycles. The van der Waals surface area contributed by atoms with E-state index in [4.69, 9.17) is 15.5 Å². The first-order valence-corrected chi connectivity index (χ1v) is 25.5. The molecule has 0 saturated heterocycles. The zero-order chi connectivity index (χ0) is 51.9. The molecule has 4 atom stereocenters. The summed E-state index contributed by atoms with van der Waals surface area (Å²) in [7, 11) is 0.252. The fourth-order valence-corrected chi connectivity index (χ4v) is 9.64. The number of nitrogens with one attached hydrogen (secondary N) is 3. The van der Waals surface area contributed by atoms with Gasteiger partial charge in [0.05, 0.1) is 53.0 Å². The fourth-order valence-electron chi connectivity index (χ4n) is 9.15. The molecule has 4 aromatic rings. The van der Waals surface area contributed by atoms with Crippen molar-refractivity contribution in [1.82, 2.24) is 40.4 Å². The number of aromatic nitrogens is 4. The van der Waals surface area contributed by atoms with Gasteiger partial charge in [-0.25, -0.2) is 32.6 Å². The van der Waals surface area contributed by atoms with Crippen molar-refractivity contribution >= 4 is 50.3 Å². The van der Waals surface area contributed by atoms with Crippen molar-refractivity contribution in [3.8, 4) is 23.2 Å². The van der Waals surface area contributed by atoms with Crippen molar-refractivity contribution in [3.63, 3.8) is 0 Å². The average Bonchev–Trinajstić information content (AvgIpc) is 3.68. The molecule has 3 aromatic heterocycles. The zero-order valence-electron chi connectivity index (χ0n) is 41.1. The first-order valence-electron chi connectivity index (χ1n) is 23.6. The van der Waals surface area contributed by atoms with Gasteiger partial charge >= 0.3 is 5.97 Å². The number of fused-ring (bicyclic) bond motifs is 5. The Labute approximate surface area is 411 Å². The summed E-state index contributed by atoms with van der Waals surface area (Å²) in [6, 6.07) is 3.59. The minimum Gasteiger partial charge on any atom is -0.458 e. The molecular weight excluding hydrogens is 938 g/mol. The van der Waals surface area contributed by atoms with Crippen molar-refractivity contribution in [2.45, 2.75) is 109 Å². The summed E-state index contributed by atoms with van der Waals surface area (Å²) in [5, 5.41) is 20.0. The highest BCUT2D eigenvalue weighted by atomic mass is 32.2. The number of hydrogen-bond acceptors (Lipinski definition) is 14. The van der Waals surface area contributed by atoms with Gasteiger partial charge in [0.1, 0.15) is 18.5 Å². The Morgan fingerprint density at radius 2 is 1.75 bits per heavy atom. The molecule has 0 bridgehead atoms. The third-order valence-corrected chi connectivity index (χ3v) is 13.9. The molecule has 5 heterocycles. The van der Waals surface area contributed by atoms with Crippen LogP contribution in [0.2, 0.25) is 0 Å². The van der Waals surface area contributed by atoms with E-state index in [0.717, 1.165) is 30.3 Å². The zero-order valence-corrected chi connectivity index (χ0v) is 41.9. The van der Waals surface area contributed by atoms with Crippen LogP contribution < -0.4 is 27.2 Å². The Morgan fingerprint density at radius 3 is 2.39 bits per heavy atom. The maximum Gasteiger partial charge on any atom is 0.343 e. The summed E-state index contributed by atoms with van der Waals surface area (Å²) in [6.45, 7) is 7.17. The highest BCUT2D eigenvalue weighted by Crippen LogP contribution is 2.41. The fraction of sp³-hybridized carbons (Fsp3) is 0.500. The summed E-state index contributed by atoms with van der Waals surface area (Å²) in [4.78, 5) is 94.8. The molecule has 0 radical (unpaired) electrons. The van der Waals surface area contributed by atoms with E-state index in [2.05, 4.69) is 37.8 Å². The summed E-state index contributed by atoms with van der Waals surface area (Å²) < 4.78 is 45.1. The van der Waals surface area contributed by atoms with Crippen LogP contribution in [0.1, 0.15) is 99.1 Å². The monoisotopic (exact) mass is 999 g/mol. The Hall–Kier alpha value is -6.63. The topological polar surface area (TPSA) is 275 Å². The van der Waals surface area contributed by atoms with Gasteiger partial charge in [-0.05, 0) is 102 Å². The van der Waals surface area contributed by atoms with E-state index < -0.39 is 80.8 Å². The molecule has 2 aliphatic rings. The first kappa shape index (κ1) is 53.7. The number of carbonyl (C=O) groups excluding carboxylic acids is 5. The van der Waals surface area contributed by atoms with E-state index in [-0.39, 0.29) is 67.6 Å². The number of aliphatic hydroxyl groups is 1. The summed E-state index contributed by atoms with van der Waals surface area (Å²) >= 11 is 0. The number of cyclic esters (lactones) is 1. The molecule has 1 unspecified atom stereocenters. The van der Waals surface area contributed by atoms with Crippen LogP contribution in [-0.4, -0.2) is 114 Å². The van der Waals surface area contributed by atoms with Crippen molar-refractivity contribution in [1.29, 1.82) is 0 Å². The van der Waals surface area contributed by atoms with E-state index >= 15 is 0 Å². The highest BCUT2D eigenvalue weighted by molar-refractivity contribution is 7.90. The molecule has 380 valence electrons. The number of nitrogens with two attached hydrogens (primary N) is 1. The van der Waals surface area contributed by atoms with E-state index in [1.54, 1.807) is 39.8 Å². The number of amides is 4. The van der Waals surface area contributed by atoms with Gasteiger partial charge in [0, 0.05) is 54.2 Å². The van der Waals surface area contributed by atoms with Gasteiger partial charge in [0.15, 0.2) is 5.60 Å². The van der Waals surface area contributed by atoms with Crippen LogP contribution in [0, 0.1) is 42.3 Å². The molecule has 1 aromatic carbocycles. The number of rotatable bonds is 21. The first-order chi connectivity index (χ1) is 33.5. The van der Waals surface area contributed by atoms with Gasteiger partial charge in [0.2, 0.25) is 38.6 Å². The summed E-state index contributed by atoms with van der Waals surface area (Å²) in [5.41, 5.74) is 7.15.